The fourth-order valence-corrected chi connectivity index (χ4v) is 21.9. The van der Waals surface area contributed by atoms with E-state index in [1.165, 1.54) is 6.92 Å². The van der Waals surface area contributed by atoms with Gasteiger partial charge in [0, 0.05) is 24.1 Å². The Kier molecular flexibility index (Phi) is 26.9. The number of aliphatic hydroxyl groups excluding tert-OH is 14. The lowest BCUT2D eigenvalue weighted by atomic mass is 9.27. The number of rotatable bonds is 27. The number of halogens is 2. The Labute approximate surface area is 620 Å². The second-order valence-corrected chi connectivity index (χ2v) is 35.2. The Morgan fingerprint density at radius 1 is 0.723 bits per heavy atom. The molecule has 28 nitrogen and oxygen atoms in total. The fraction of sp³-hybridized carbons (Fsp3) is 0.915. The average Bonchev–Trinajstić information content (AvgIpc) is 1.50. The van der Waals surface area contributed by atoms with Crippen molar-refractivity contribution in [2.45, 2.75) is 324 Å². The third kappa shape index (κ3) is 15.7. The number of fused-ring (bicyclic) bond motifs is 3. The zero-order chi connectivity index (χ0) is 74.8. The molecule has 580 valence electrons. The molecule has 30 heteroatoms. The van der Waals surface area contributed by atoms with Gasteiger partial charge in [0.2, 0.25) is 18.1 Å². The largest absolute Gasteiger partial charge is 0.432 e. The van der Waals surface area contributed by atoms with E-state index >= 15 is 4.79 Å². The highest BCUT2D eigenvalue weighted by atomic mass is 127. The molecule has 5 aliphatic carbocycles. The van der Waals surface area contributed by atoms with E-state index in [1.807, 2.05) is 77.5 Å². The average molecular weight is 1670 g/mol. The molecular formula is C71H117I2N3O25. The predicted molar refractivity (Wildman–Crippen MR) is 379 cm³/mol. The lowest BCUT2D eigenvalue weighted by molar-refractivity contribution is -0.369. The summed E-state index contributed by atoms with van der Waals surface area (Å²) in [4.78, 5) is 44.1. The number of amides is 2. The Morgan fingerprint density at radius 3 is 1.96 bits per heavy atom. The van der Waals surface area contributed by atoms with Crippen molar-refractivity contribution in [1.82, 2.24) is 10.6 Å². The van der Waals surface area contributed by atoms with Gasteiger partial charge in [0.05, 0.1) is 102 Å². The van der Waals surface area contributed by atoms with Crippen LogP contribution in [0.5, 0.6) is 0 Å². The summed E-state index contributed by atoms with van der Waals surface area (Å²) in [6, 6.07) is -2.37. The van der Waals surface area contributed by atoms with Gasteiger partial charge >= 0.3 is 5.97 Å². The van der Waals surface area contributed by atoms with E-state index in [0.717, 1.165) is 31.3 Å². The van der Waals surface area contributed by atoms with Crippen molar-refractivity contribution in [1.29, 1.82) is 0 Å². The van der Waals surface area contributed by atoms with E-state index in [1.54, 1.807) is 0 Å². The molecule has 4 heterocycles. The number of esters is 1. The number of nitrogens with zero attached hydrogens (tertiary/aromatic N) is 1. The van der Waals surface area contributed by atoms with Gasteiger partial charge in [-0.05, 0) is 115 Å². The molecule has 0 aromatic heterocycles. The molecule has 9 rings (SSSR count). The van der Waals surface area contributed by atoms with Gasteiger partial charge in [-0.15, -0.1) is 0 Å². The lowest BCUT2D eigenvalue weighted by Gasteiger charge is -2.77. The van der Waals surface area contributed by atoms with Crippen molar-refractivity contribution in [2.24, 2.45) is 64.8 Å². The van der Waals surface area contributed by atoms with Crippen LogP contribution in [-0.2, 0) is 52.3 Å². The number of ether oxygens (including phenoxy) is 8. The summed E-state index contributed by atoms with van der Waals surface area (Å²) in [6.07, 6.45) is -24.4. The maximum absolute atomic E-state index is 16.1. The van der Waals surface area contributed by atoms with E-state index < -0.39 is 218 Å². The Balaban J connectivity index is 0.953. The van der Waals surface area contributed by atoms with E-state index in [0.29, 0.717) is 25.7 Å². The summed E-state index contributed by atoms with van der Waals surface area (Å²) >= 11 is 4.30. The van der Waals surface area contributed by atoms with Crippen molar-refractivity contribution in [3.05, 3.63) is 11.6 Å². The molecule has 35 atom stereocenters. The number of aliphatic hydroxyl groups is 14. The first-order chi connectivity index (χ1) is 47.2. The van der Waals surface area contributed by atoms with Crippen LogP contribution in [-0.4, -0.2) is 266 Å². The quantitative estimate of drug-likeness (QED) is 0.0183. The van der Waals surface area contributed by atoms with Gasteiger partial charge in [0.25, 0.3) is 0 Å². The first-order valence-electron chi connectivity index (χ1n) is 36.5. The third-order valence-electron chi connectivity index (χ3n) is 26.0. The molecule has 18 unspecified atom stereocenters. The molecule has 101 heavy (non-hydrogen) atoms. The Hall–Kier alpha value is -1.56. The molecule has 9 aliphatic rings. The third-order valence-corrected chi connectivity index (χ3v) is 28.0. The Morgan fingerprint density at radius 2 is 1.34 bits per heavy atom. The number of hydrogen-bond donors (Lipinski definition) is 16. The van der Waals surface area contributed by atoms with Crippen LogP contribution >= 0.6 is 45.5 Å². The van der Waals surface area contributed by atoms with Crippen LogP contribution < -0.4 is 10.6 Å². The van der Waals surface area contributed by atoms with Crippen LogP contribution in [0.4, 0.5) is 0 Å². The zero-order valence-corrected chi connectivity index (χ0v) is 64.7. The van der Waals surface area contributed by atoms with Crippen molar-refractivity contribution in [3.63, 3.8) is 0 Å². The van der Waals surface area contributed by atoms with Crippen LogP contribution in [0.1, 0.15) is 173 Å². The topological polar surface area (TPSA) is 445 Å². The standard InChI is InChI=1S/C71H117I2N3O25/c1-13-32(3)38(75-47(84)24-36(80)22-40(33(4)14-2)96-62-55(91)51(87)42(29-78)98-62)21-35(79)23-48(85)76-49-41(28-77)97-63(58(52(49)88)100-61-56(92)53(89)57(34(5)95-61)99-60-54(90)50(86)39(81)30-94-60)101-64(93)70(20-19-65(6,7)8)46(83)27-69(12)37(59(70)72)25-66(9)26-44-67(10)17-16-45(82)68(11,31-74-73)43(67)15-18-71(44,66)69/h25,31-36,38-46,49-63,77-83,86-92H,13-24,26-30H2,1-12H3,(H,75,84)(H,76,85)/b74-31+/t32-,33-,34?,35-,36-,38-,39+,40-,41?,42-,43?,44?,45-,46-,49-,50?,51?,52?,53?,54?,55?,56?,57-,58?,59?,60-,61-,62+,63-,66?,67?,68?,69?,70-,71?/m0/s1. The maximum atomic E-state index is 16.1. The molecule has 4 saturated heterocycles. The van der Waals surface area contributed by atoms with Gasteiger partial charge in [-0.3, -0.25) is 14.4 Å². The highest BCUT2D eigenvalue weighted by Gasteiger charge is 2.82. The summed E-state index contributed by atoms with van der Waals surface area (Å²) in [5, 5.41) is 163. The zero-order valence-electron chi connectivity index (χ0n) is 60.4. The van der Waals surface area contributed by atoms with E-state index in [4.69, 9.17) is 37.9 Å². The van der Waals surface area contributed by atoms with Gasteiger partial charge in [0.15, 0.2) is 25.0 Å². The minimum absolute atomic E-state index is 0.0676. The van der Waals surface area contributed by atoms with Gasteiger partial charge in [-0.1, -0.05) is 123 Å². The molecule has 1 spiro atoms. The first kappa shape index (κ1) is 83.5. The Bertz CT molecular complexity index is 2900. The molecule has 4 aliphatic heterocycles. The number of carbonyl (C=O) groups excluding carboxylic acids is 3. The summed E-state index contributed by atoms with van der Waals surface area (Å²) in [5.74, 6) is -2.51. The van der Waals surface area contributed by atoms with Crippen molar-refractivity contribution in [2.75, 3.05) is 19.8 Å². The molecule has 0 bridgehead atoms. The number of nitrogens with one attached hydrogen (secondary N) is 2. The molecular weight excluding hydrogens is 1550 g/mol. The minimum Gasteiger partial charge on any atom is -0.432 e. The highest BCUT2D eigenvalue weighted by molar-refractivity contribution is 14.1. The lowest BCUT2D eigenvalue weighted by Crippen LogP contribution is -2.73. The van der Waals surface area contributed by atoms with Gasteiger partial charge in [-0.25, -0.2) is 3.21 Å². The number of alkyl halides is 1. The van der Waals surface area contributed by atoms with Crippen LogP contribution in [0.25, 0.3) is 0 Å². The molecule has 0 aromatic rings. The normalized spacial score (nSPS) is 46.3. The van der Waals surface area contributed by atoms with Gasteiger partial charge in [-0.2, -0.15) is 0 Å². The second-order valence-electron chi connectivity index (χ2n) is 33.4. The molecule has 0 aromatic carbocycles. The van der Waals surface area contributed by atoms with Crippen LogP contribution in [0.2, 0.25) is 0 Å². The van der Waals surface area contributed by atoms with Crippen LogP contribution in [0.15, 0.2) is 14.9 Å². The van der Waals surface area contributed by atoms with E-state index in [-0.39, 0.29) is 71.0 Å². The van der Waals surface area contributed by atoms with Crippen LogP contribution in [0.3, 0.4) is 0 Å². The second kappa shape index (κ2) is 32.6. The van der Waals surface area contributed by atoms with Gasteiger partial charge < -0.3 is 120 Å². The molecule has 2 amide bonds. The molecule has 4 saturated carbocycles. The predicted octanol–water partition coefficient (Wildman–Crippen LogP) is 1.79. The molecule has 8 fully saturated rings. The summed E-state index contributed by atoms with van der Waals surface area (Å²) in [6.45, 7) is 22.1. The van der Waals surface area contributed by atoms with Crippen LogP contribution in [0, 0.1) is 61.6 Å². The molecule has 16 N–H and O–H groups in total. The number of hydrogen-bond acceptors (Lipinski definition) is 26. The maximum Gasteiger partial charge on any atom is 0.318 e. The van der Waals surface area contributed by atoms with Crippen molar-refractivity contribution >= 4 is 69.5 Å². The summed E-state index contributed by atoms with van der Waals surface area (Å²) in [7, 11) is 0. The number of carbonyl (C=O) groups is 3. The monoisotopic (exact) mass is 1670 g/mol. The fourth-order valence-electron chi connectivity index (χ4n) is 19.5. The minimum atomic E-state index is -2.05. The summed E-state index contributed by atoms with van der Waals surface area (Å²) < 4.78 is 52.1. The van der Waals surface area contributed by atoms with Gasteiger partial charge in [0.1, 0.15) is 72.6 Å². The highest BCUT2D eigenvalue weighted by Crippen LogP contribution is 2.86. The smallest absolute Gasteiger partial charge is 0.318 e. The van der Waals surface area contributed by atoms with Crippen molar-refractivity contribution in [3.8, 4) is 0 Å². The number of allylic oxidation sites excluding steroid dienone is 2. The van der Waals surface area contributed by atoms with E-state index in [9.17, 15) is 81.1 Å². The van der Waals surface area contributed by atoms with E-state index in [2.05, 4.69) is 70.2 Å². The first-order valence-corrected chi connectivity index (χ1v) is 38.7. The molecule has 0 radical (unpaired) electrons. The summed E-state index contributed by atoms with van der Waals surface area (Å²) in [5.41, 5.74) is -3.05. The van der Waals surface area contributed by atoms with Crippen molar-refractivity contribution < 1.29 is 124 Å². The SMILES string of the molecule is CC[C@H](C)[C@H](C[C@H](O)CC(=O)N[C@H]1C(CO)O[C@@H](OC(=O)[C@]2(CCC(C)(C)C)C(I)C3=CC4(C)CC5C6(C)CC[C@H](O)C(C)(/C=N/I)C6CCC54C3(C)C[C@@H]2O)C(O[C@@H]2OC(C)[C@H](O[C@@H]3OC[C@@H](O)C(O)C3O)C(O)C2O)C1O)NC(=O)C[C@@H](O)C[C@H](O[C@@H]1O[C@@H](CO)C(O)C1O)[C@@H](C)CC.